The molecule has 170 valence electrons. The molecule has 4 aromatic carbocycles. The van der Waals surface area contributed by atoms with Gasteiger partial charge < -0.3 is 5.32 Å². The van der Waals surface area contributed by atoms with Crippen LogP contribution in [0.4, 0.5) is 11.5 Å². The molecule has 0 atom stereocenters. The highest BCUT2D eigenvalue weighted by atomic mass is 15.2. The van der Waals surface area contributed by atoms with E-state index in [1.54, 1.807) is 0 Å². The van der Waals surface area contributed by atoms with Crippen LogP contribution in [0.25, 0.3) is 27.5 Å². The number of hydrogen-bond acceptors (Lipinski definition) is 4. The van der Waals surface area contributed by atoms with Gasteiger partial charge >= 0.3 is 0 Å². The molecule has 0 aliphatic rings. The predicted molar refractivity (Wildman–Crippen MR) is 143 cm³/mol. The molecule has 0 amide bonds. The Labute approximate surface area is 204 Å². The molecule has 6 aromatic rings. The van der Waals surface area contributed by atoms with Gasteiger partial charge in [0, 0.05) is 22.9 Å². The van der Waals surface area contributed by atoms with Gasteiger partial charge in [0.05, 0.1) is 22.4 Å². The van der Waals surface area contributed by atoms with E-state index < -0.39 is 0 Å². The van der Waals surface area contributed by atoms with Crippen molar-refractivity contribution in [3.05, 3.63) is 120 Å². The van der Waals surface area contributed by atoms with E-state index in [4.69, 9.17) is 0 Å². The minimum absolute atomic E-state index is 0.742. The van der Waals surface area contributed by atoms with Crippen LogP contribution < -0.4 is 5.32 Å². The maximum Gasteiger partial charge on any atom is 0.160 e. The zero-order chi connectivity index (χ0) is 23.8. The molecule has 0 aliphatic carbocycles. The maximum absolute atomic E-state index is 4.69. The molecule has 0 saturated carbocycles. The number of hydrogen-bond donors (Lipinski definition) is 1. The Morgan fingerprint density at radius 2 is 1.49 bits per heavy atom. The number of benzene rings is 4. The third-order valence-electron chi connectivity index (χ3n) is 6.47. The lowest BCUT2D eigenvalue weighted by Gasteiger charge is -2.13. The fourth-order valence-corrected chi connectivity index (χ4v) is 4.76. The van der Waals surface area contributed by atoms with Crippen molar-refractivity contribution in [2.75, 3.05) is 5.32 Å². The summed E-state index contributed by atoms with van der Waals surface area (Å²) in [6, 6.07) is 31.3. The number of fused-ring (bicyclic) bond motifs is 2. The van der Waals surface area contributed by atoms with Crippen molar-refractivity contribution in [3.8, 4) is 5.69 Å². The summed E-state index contributed by atoms with van der Waals surface area (Å²) in [7, 11) is 0. The van der Waals surface area contributed by atoms with Crippen LogP contribution in [0.15, 0.2) is 97.3 Å². The molecular formula is C30H25N5. The number of para-hydroxylation sites is 1. The molecule has 2 heterocycles. The van der Waals surface area contributed by atoms with Gasteiger partial charge in [0.1, 0.15) is 6.33 Å². The first-order chi connectivity index (χ1) is 17.2. The molecule has 0 aliphatic heterocycles. The largest absolute Gasteiger partial charge is 0.338 e. The molecule has 2 aromatic heterocycles. The van der Waals surface area contributed by atoms with Gasteiger partial charge in [-0.05, 0) is 48.7 Å². The fourth-order valence-electron chi connectivity index (χ4n) is 4.76. The molecule has 35 heavy (non-hydrogen) atoms. The van der Waals surface area contributed by atoms with Crippen molar-refractivity contribution >= 4 is 33.3 Å². The molecule has 0 bridgehead atoms. The molecule has 0 fully saturated rings. The van der Waals surface area contributed by atoms with E-state index in [-0.39, 0.29) is 0 Å². The minimum atomic E-state index is 0.742. The van der Waals surface area contributed by atoms with Crippen LogP contribution in [-0.4, -0.2) is 19.7 Å². The van der Waals surface area contributed by atoms with Crippen LogP contribution in [0.5, 0.6) is 0 Å². The van der Waals surface area contributed by atoms with Gasteiger partial charge in [-0.15, -0.1) is 5.10 Å². The summed E-state index contributed by atoms with van der Waals surface area (Å²) in [4.78, 5) is 4.69. The Bertz CT molecular complexity index is 1650. The summed E-state index contributed by atoms with van der Waals surface area (Å²) in [5, 5.41) is 14.8. The third kappa shape index (κ3) is 3.91. The van der Waals surface area contributed by atoms with Crippen LogP contribution in [0.3, 0.4) is 0 Å². The summed E-state index contributed by atoms with van der Waals surface area (Å²) in [5.41, 5.74) is 8.75. The van der Waals surface area contributed by atoms with Crippen molar-refractivity contribution in [3.63, 3.8) is 0 Å². The Balaban J connectivity index is 1.35. The quantitative estimate of drug-likeness (QED) is 0.307. The molecule has 0 spiro atoms. The number of rotatable bonds is 5. The van der Waals surface area contributed by atoms with Crippen LogP contribution >= 0.6 is 0 Å². The van der Waals surface area contributed by atoms with Crippen LogP contribution in [0.2, 0.25) is 0 Å². The molecule has 5 heteroatoms. The molecule has 0 radical (unpaired) electrons. The highest BCUT2D eigenvalue weighted by Crippen LogP contribution is 2.29. The normalized spacial score (nSPS) is 11.3. The summed E-state index contributed by atoms with van der Waals surface area (Å²) < 4.78 is 2.16. The van der Waals surface area contributed by atoms with Crippen molar-refractivity contribution in [2.24, 2.45) is 0 Å². The average Bonchev–Trinajstić information content (AvgIpc) is 3.29. The minimum Gasteiger partial charge on any atom is -0.338 e. The Morgan fingerprint density at radius 1 is 0.743 bits per heavy atom. The number of imidazole rings is 1. The van der Waals surface area contributed by atoms with Crippen LogP contribution in [0.1, 0.15) is 22.4 Å². The van der Waals surface area contributed by atoms with Crippen LogP contribution in [0, 0.1) is 13.8 Å². The molecule has 5 nitrogen and oxygen atoms in total. The summed E-state index contributed by atoms with van der Waals surface area (Å²) in [6.07, 6.45) is 2.65. The lowest BCUT2D eigenvalue weighted by molar-refractivity contribution is 0.962. The summed E-state index contributed by atoms with van der Waals surface area (Å²) in [6.45, 7) is 4.27. The topological polar surface area (TPSA) is 55.6 Å². The summed E-state index contributed by atoms with van der Waals surface area (Å²) in [5.74, 6) is 0.742. The van der Waals surface area contributed by atoms with Gasteiger partial charge in [0.25, 0.3) is 0 Å². The van der Waals surface area contributed by atoms with E-state index in [9.17, 15) is 0 Å². The highest BCUT2D eigenvalue weighted by Gasteiger charge is 2.13. The van der Waals surface area contributed by atoms with Crippen LogP contribution in [-0.2, 0) is 6.42 Å². The lowest BCUT2D eigenvalue weighted by Crippen LogP contribution is -2.02. The van der Waals surface area contributed by atoms with Gasteiger partial charge in [-0.1, -0.05) is 72.8 Å². The molecule has 6 rings (SSSR count). The molecular weight excluding hydrogens is 430 g/mol. The lowest BCUT2D eigenvalue weighted by atomic mass is 10.0. The Hall–Kier alpha value is -4.51. The molecule has 1 N–H and O–H groups in total. The Morgan fingerprint density at radius 3 is 2.29 bits per heavy atom. The first kappa shape index (κ1) is 21.1. The van der Waals surface area contributed by atoms with Gasteiger partial charge in [-0.3, -0.25) is 4.57 Å². The first-order valence-electron chi connectivity index (χ1n) is 11.8. The monoisotopic (exact) mass is 455 g/mol. The number of aromatic nitrogens is 4. The average molecular weight is 456 g/mol. The SMILES string of the molecule is Cc1cccc(C)c1-n1cnc2cc(Nc3nnc(Cc4ccccc4)c4ccccc34)ccc21. The fraction of sp³-hybridized carbons (Fsp3) is 0.100. The van der Waals surface area contributed by atoms with Gasteiger partial charge in [-0.2, -0.15) is 5.10 Å². The van der Waals surface area contributed by atoms with E-state index in [1.807, 2.05) is 18.5 Å². The van der Waals surface area contributed by atoms with Crippen molar-refractivity contribution < 1.29 is 0 Å². The standard InChI is InChI=1S/C30H25N5/c1-20-9-8-10-21(2)29(20)35-19-31-27-18-23(15-16-28(27)35)32-30-25-14-7-6-13-24(25)26(33-34-30)17-22-11-4-3-5-12-22/h3-16,18-19H,17H2,1-2H3,(H,32,34). The van der Waals surface area contributed by atoms with E-state index in [1.165, 1.54) is 22.4 Å². The smallest absolute Gasteiger partial charge is 0.160 e. The second-order valence-electron chi connectivity index (χ2n) is 8.89. The second kappa shape index (κ2) is 8.69. The molecule has 0 saturated heterocycles. The van der Waals surface area contributed by atoms with E-state index >= 15 is 0 Å². The van der Waals surface area contributed by atoms with Gasteiger partial charge in [0.15, 0.2) is 5.82 Å². The third-order valence-corrected chi connectivity index (χ3v) is 6.47. The highest BCUT2D eigenvalue weighted by molar-refractivity contribution is 5.95. The van der Waals surface area contributed by atoms with Crippen molar-refractivity contribution in [2.45, 2.75) is 20.3 Å². The van der Waals surface area contributed by atoms with E-state index in [0.717, 1.165) is 45.4 Å². The van der Waals surface area contributed by atoms with Gasteiger partial charge in [-0.25, -0.2) is 4.98 Å². The number of nitrogens with one attached hydrogen (secondary N) is 1. The second-order valence-corrected chi connectivity index (χ2v) is 8.89. The summed E-state index contributed by atoms with van der Waals surface area (Å²) >= 11 is 0. The van der Waals surface area contributed by atoms with E-state index in [0.29, 0.717) is 0 Å². The molecule has 0 unspecified atom stereocenters. The van der Waals surface area contributed by atoms with Gasteiger partial charge in [0.2, 0.25) is 0 Å². The number of anilines is 2. The van der Waals surface area contributed by atoms with Crippen molar-refractivity contribution in [1.29, 1.82) is 0 Å². The zero-order valence-electron chi connectivity index (χ0n) is 19.7. The Kier molecular flexibility index (Phi) is 5.23. The van der Waals surface area contributed by atoms with Crippen molar-refractivity contribution in [1.82, 2.24) is 19.7 Å². The number of nitrogens with zero attached hydrogens (tertiary/aromatic N) is 4. The predicted octanol–water partition coefficient (Wildman–Crippen LogP) is 6.92. The number of aryl methyl sites for hydroxylation is 2. The maximum atomic E-state index is 4.69. The first-order valence-corrected chi connectivity index (χ1v) is 11.8. The van der Waals surface area contributed by atoms with E-state index in [2.05, 4.69) is 118 Å². The zero-order valence-corrected chi connectivity index (χ0v) is 19.7.